The summed E-state index contributed by atoms with van der Waals surface area (Å²) in [6.45, 7) is 10.1. The zero-order valence-corrected chi connectivity index (χ0v) is 18.1. The molecular formula is C25H40O2. The summed E-state index contributed by atoms with van der Waals surface area (Å²) in [7, 11) is 0. The Kier molecular flexibility index (Phi) is 4.03. The van der Waals surface area contributed by atoms with Gasteiger partial charge in [0.15, 0.2) is 5.78 Å². The molecule has 0 aromatic rings. The average Bonchev–Trinajstić information content (AvgIpc) is 2.74. The smallest absolute Gasteiger partial charge is 0.164 e. The monoisotopic (exact) mass is 372 g/mol. The Labute approximate surface area is 166 Å². The lowest BCUT2D eigenvalue weighted by atomic mass is 9.48. The van der Waals surface area contributed by atoms with E-state index in [9.17, 15) is 4.79 Å². The van der Waals surface area contributed by atoms with Crippen LogP contribution in [0.15, 0.2) is 0 Å². The Hall–Kier alpha value is -0.370. The third-order valence-electron chi connectivity index (χ3n) is 10.6. The summed E-state index contributed by atoms with van der Waals surface area (Å²) < 4.78 is 6.56. The van der Waals surface area contributed by atoms with E-state index in [4.69, 9.17) is 4.74 Å². The van der Waals surface area contributed by atoms with Gasteiger partial charge in [-0.2, -0.15) is 0 Å². The molecule has 0 heterocycles. The largest absolute Gasteiger partial charge is 0.367 e. The molecule has 6 bridgehead atoms. The van der Waals surface area contributed by atoms with Crippen molar-refractivity contribution in [2.75, 3.05) is 6.61 Å². The van der Waals surface area contributed by atoms with Gasteiger partial charge in [0.2, 0.25) is 0 Å². The highest BCUT2D eigenvalue weighted by Crippen LogP contribution is 2.64. The highest BCUT2D eigenvalue weighted by Gasteiger charge is 2.57. The topological polar surface area (TPSA) is 26.3 Å². The Morgan fingerprint density at radius 2 is 1.44 bits per heavy atom. The van der Waals surface area contributed by atoms with Crippen LogP contribution in [0, 0.1) is 39.9 Å². The van der Waals surface area contributed by atoms with Crippen molar-refractivity contribution in [2.45, 2.75) is 104 Å². The normalized spacial score (nSPS) is 52.7. The van der Waals surface area contributed by atoms with Crippen LogP contribution in [0.1, 0.15) is 98.3 Å². The first-order chi connectivity index (χ1) is 12.6. The molecule has 6 fully saturated rings. The summed E-state index contributed by atoms with van der Waals surface area (Å²) in [4.78, 5) is 13.4. The maximum absolute atomic E-state index is 13.4. The van der Waals surface area contributed by atoms with Crippen molar-refractivity contribution < 1.29 is 9.53 Å². The first kappa shape index (κ1) is 18.6. The number of hydrogen-bond donors (Lipinski definition) is 0. The van der Waals surface area contributed by atoms with Crippen molar-refractivity contribution in [3.05, 3.63) is 0 Å². The van der Waals surface area contributed by atoms with E-state index in [1.165, 1.54) is 57.8 Å². The van der Waals surface area contributed by atoms with E-state index in [-0.39, 0.29) is 11.0 Å². The van der Waals surface area contributed by atoms with Crippen LogP contribution in [0.3, 0.4) is 0 Å². The number of Topliss-reactive ketones (excluding diaryl/α,β-unsaturated/α-hetero) is 1. The molecule has 2 nitrogen and oxygen atoms in total. The Bertz CT molecular complexity index is 599. The van der Waals surface area contributed by atoms with E-state index in [1.54, 1.807) is 0 Å². The van der Waals surface area contributed by atoms with Crippen LogP contribution in [0.25, 0.3) is 0 Å². The summed E-state index contributed by atoms with van der Waals surface area (Å²) in [5, 5.41) is 0. The van der Waals surface area contributed by atoms with E-state index in [1.807, 2.05) is 0 Å². The van der Waals surface area contributed by atoms with Gasteiger partial charge in [-0.05, 0) is 112 Å². The molecule has 1 unspecified atom stereocenters. The minimum absolute atomic E-state index is 0.00197. The molecule has 0 radical (unpaired) electrons. The lowest BCUT2D eigenvalue weighted by molar-refractivity contribution is -0.157. The van der Waals surface area contributed by atoms with Gasteiger partial charge in [-0.25, -0.2) is 0 Å². The predicted octanol–water partition coefficient (Wildman–Crippen LogP) is 6.17. The van der Waals surface area contributed by atoms with Crippen LogP contribution in [0.2, 0.25) is 0 Å². The molecule has 0 aliphatic heterocycles. The molecule has 152 valence electrons. The quantitative estimate of drug-likeness (QED) is 0.589. The number of ether oxygens (including phenoxy) is 1. The number of ketones is 1. The van der Waals surface area contributed by atoms with E-state index < -0.39 is 0 Å². The van der Waals surface area contributed by atoms with E-state index >= 15 is 0 Å². The van der Waals surface area contributed by atoms with Crippen molar-refractivity contribution >= 4 is 5.78 Å². The lowest BCUT2D eigenvalue weighted by Gasteiger charge is -2.56. The second kappa shape index (κ2) is 5.83. The van der Waals surface area contributed by atoms with Crippen molar-refractivity contribution in [3.63, 3.8) is 0 Å². The van der Waals surface area contributed by atoms with Crippen LogP contribution in [-0.4, -0.2) is 18.0 Å². The second-order valence-electron chi connectivity index (χ2n) is 12.6. The van der Waals surface area contributed by atoms with Crippen LogP contribution < -0.4 is 0 Å². The van der Waals surface area contributed by atoms with E-state index in [2.05, 4.69) is 27.7 Å². The van der Waals surface area contributed by atoms with Gasteiger partial charge in [0.1, 0.15) is 6.61 Å². The number of hydrogen-bond acceptors (Lipinski definition) is 2. The molecule has 0 N–H and O–H groups in total. The van der Waals surface area contributed by atoms with Crippen LogP contribution in [-0.2, 0) is 9.53 Å². The molecule has 0 spiro atoms. The highest BCUT2D eigenvalue weighted by atomic mass is 16.5. The molecule has 0 amide bonds. The molecule has 3 atom stereocenters. The van der Waals surface area contributed by atoms with Crippen LogP contribution >= 0.6 is 0 Å². The molecule has 6 rings (SSSR count). The first-order valence-corrected chi connectivity index (χ1v) is 11.8. The summed E-state index contributed by atoms with van der Waals surface area (Å²) in [5.41, 5.74) is 0.641. The predicted molar refractivity (Wildman–Crippen MR) is 108 cm³/mol. The van der Waals surface area contributed by atoms with Gasteiger partial charge in [0.25, 0.3) is 0 Å². The zero-order chi connectivity index (χ0) is 19.1. The van der Waals surface area contributed by atoms with Gasteiger partial charge in [-0.1, -0.05) is 20.8 Å². The molecule has 27 heavy (non-hydrogen) atoms. The minimum atomic E-state index is -0.112. The number of carbonyl (C=O) groups is 1. The summed E-state index contributed by atoms with van der Waals surface area (Å²) in [6, 6.07) is 0. The van der Waals surface area contributed by atoms with Gasteiger partial charge in [-0.15, -0.1) is 0 Å². The Balaban J connectivity index is 1.28. The Morgan fingerprint density at radius 1 is 0.889 bits per heavy atom. The summed E-state index contributed by atoms with van der Waals surface area (Å²) >= 11 is 0. The number of carbonyl (C=O) groups excluding carboxylic acids is 1. The van der Waals surface area contributed by atoms with Gasteiger partial charge in [-0.3, -0.25) is 4.79 Å². The molecule has 0 aromatic heterocycles. The minimum Gasteiger partial charge on any atom is -0.367 e. The maximum atomic E-state index is 13.4. The van der Waals surface area contributed by atoms with Crippen LogP contribution in [0.5, 0.6) is 0 Å². The number of rotatable bonds is 4. The zero-order valence-electron chi connectivity index (χ0n) is 18.1. The third-order valence-corrected chi connectivity index (χ3v) is 10.6. The maximum Gasteiger partial charge on any atom is 0.164 e. The molecule has 6 aliphatic carbocycles. The third kappa shape index (κ3) is 2.79. The summed E-state index contributed by atoms with van der Waals surface area (Å²) in [6.07, 6.45) is 13.9. The highest BCUT2D eigenvalue weighted by molar-refractivity contribution is 5.86. The van der Waals surface area contributed by atoms with Gasteiger partial charge >= 0.3 is 0 Å². The summed E-state index contributed by atoms with van der Waals surface area (Å²) in [5.74, 6) is 3.80. The van der Waals surface area contributed by atoms with Crippen LogP contribution in [0.4, 0.5) is 0 Å². The van der Waals surface area contributed by atoms with Crippen molar-refractivity contribution in [1.29, 1.82) is 0 Å². The SMILES string of the molecule is CC12CC[C@H](CC[C@@](C)(OCC(=O)C34CC5CC(CC(C5)C3)C4)C1)C2(C)C. The second-order valence-corrected chi connectivity index (χ2v) is 12.6. The van der Waals surface area contributed by atoms with Gasteiger partial charge in [0, 0.05) is 5.41 Å². The molecular weight excluding hydrogens is 332 g/mol. The molecule has 6 saturated carbocycles. The van der Waals surface area contributed by atoms with E-state index in [0.717, 1.165) is 36.5 Å². The molecule has 6 aliphatic rings. The fourth-order valence-electron chi connectivity index (χ4n) is 8.85. The molecule has 0 aromatic carbocycles. The van der Waals surface area contributed by atoms with Gasteiger partial charge < -0.3 is 4.74 Å². The fraction of sp³-hybridized carbons (Fsp3) is 0.960. The first-order valence-electron chi connectivity index (χ1n) is 11.8. The van der Waals surface area contributed by atoms with Gasteiger partial charge in [0.05, 0.1) is 5.60 Å². The Morgan fingerprint density at radius 3 is 2.04 bits per heavy atom. The fourth-order valence-corrected chi connectivity index (χ4v) is 8.85. The lowest BCUT2D eigenvalue weighted by Crippen LogP contribution is -2.51. The van der Waals surface area contributed by atoms with Crippen molar-refractivity contribution in [1.82, 2.24) is 0 Å². The number of fused-ring (bicyclic) bond motifs is 2. The van der Waals surface area contributed by atoms with E-state index in [0.29, 0.717) is 23.2 Å². The molecule has 0 saturated heterocycles. The van der Waals surface area contributed by atoms with Crippen molar-refractivity contribution in [2.24, 2.45) is 39.9 Å². The van der Waals surface area contributed by atoms with Crippen molar-refractivity contribution in [3.8, 4) is 0 Å². The average molecular weight is 373 g/mol. The molecule has 2 heteroatoms. The standard InChI is InChI=1S/C25H40O2/c1-22(2)20-5-7-23(22,3)16-24(4,8-6-20)27-15-21(26)25-12-17-9-18(13-25)11-19(10-17)14-25/h17-20H,5-16H2,1-4H3/t17?,18?,19?,20-,23?,24-,25?/m1/s1.